The molecule has 0 aliphatic heterocycles. The molecule has 0 aromatic carbocycles. The third kappa shape index (κ3) is 1.63. The number of alkyl halides is 2. The quantitative estimate of drug-likeness (QED) is 0.764. The molecule has 0 N–H and O–H groups in total. The molecule has 17 heavy (non-hydrogen) atoms. The Morgan fingerprint density at radius 3 is 2.71 bits per heavy atom. The van der Waals surface area contributed by atoms with Crippen LogP contribution in [0.15, 0.2) is 10.5 Å². The van der Waals surface area contributed by atoms with Crippen LogP contribution in [0.2, 0.25) is 0 Å². The van der Waals surface area contributed by atoms with Gasteiger partial charge < -0.3 is 4.42 Å². The molecule has 1 saturated carbocycles. The summed E-state index contributed by atoms with van der Waals surface area (Å²) in [6.07, 6.45) is 4.54. The topological polar surface area (TPSA) is 38.9 Å². The van der Waals surface area contributed by atoms with Gasteiger partial charge >= 0.3 is 0 Å². The highest BCUT2D eigenvalue weighted by atomic mass is 35.5. The van der Waals surface area contributed by atoms with Crippen molar-refractivity contribution in [2.24, 2.45) is 17.3 Å². The number of halogens is 2. The van der Waals surface area contributed by atoms with Crippen molar-refractivity contribution >= 4 is 28.8 Å². The summed E-state index contributed by atoms with van der Waals surface area (Å²) in [5, 5.41) is 7.92. The lowest BCUT2D eigenvalue weighted by Gasteiger charge is -2.55. The van der Waals surface area contributed by atoms with Crippen LogP contribution in [0.5, 0.6) is 0 Å². The van der Waals surface area contributed by atoms with Gasteiger partial charge in [-0.3, -0.25) is 0 Å². The fourth-order valence-corrected chi connectivity index (χ4v) is 3.21. The predicted molar refractivity (Wildman–Crippen MR) is 66.7 cm³/mol. The molecule has 1 fully saturated rings. The second-order valence-corrected chi connectivity index (χ2v) is 6.54. The van der Waals surface area contributed by atoms with Crippen molar-refractivity contribution in [3.63, 3.8) is 0 Å². The van der Waals surface area contributed by atoms with E-state index in [0.717, 1.165) is 12.3 Å². The van der Waals surface area contributed by atoms with E-state index >= 15 is 0 Å². The third-order valence-electron chi connectivity index (χ3n) is 4.34. The lowest BCUT2D eigenvalue weighted by atomic mass is 9.49. The number of nitrogens with zero attached hydrogens (tertiary/aromatic N) is 2. The maximum Gasteiger partial charge on any atom is 0.249 e. The van der Waals surface area contributed by atoms with Crippen LogP contribution in [0.4, 0.5) is 0 Å². The van der Waals surface area contributed by atoms with Gasteiger partial charge in [-0.05, 0) is 30.1 Å². The molecule has 2 bridgehead atoms. The summed E-state index contributed by atoms with van der Waals surface area (Å²) in [5.41, 5.74) is 1.52. The summed E-state index contributed by atoms with van der Waals surface area (Å²) >= 11 is 11.4. The van der Waals surface area contributed by atoms with Crippen LogP contribution in [-0.4, -0.2) is 10.2 Å². The standard InChI is InChI=1S/C12H14Cl2N2O/c1-12(2)6-3-4-7(8(12)5-6)10-15-16-11(17-10)9(13)14/h4,6,8-9H,3,5H2,1-2H3/t6-,8-/m0/s1. The fraction of sp³-hybridized carbons (Fsp3) is 0.667. The number of hydrogen-bond acceptors (Lipinski definition) is 3. The Morgan fingerprint density at radius 2 is 2.18 bits per heavy atom. The first-order valence-electron chi connectivity index (χ1n) is 5.82. The average molecular weight is 273 g/mol. The molecule has 3 aliphatic carbocycles. The Morgan fingerprint density at radius 1 is 1.41 bits per heavy atom. The Kier molecular flexibility index (Phi) is 2.53. The maximum atomic E-state index is 5.71. The van der Waals surface area contributed by atoms with Crippen molar-refractivity contribution in [2.45, 2.75) is 31.5 Å². The van der Waals surface area contributed by atoms with Crippen LogP contribution in [0.3, 0.4) is 0 Å². The molecule has 3 nitrogen and oxygen atoms in total. The zero-order valence-corrected chi connectivity index (χ0v) is 11.3. The average Bonchev–Trinajstić information content (AvgIpc) is 2.78. The second-order valence-electron chi connectivity index (χ2n) is 5.45. The lowest BCUT2D eigenvalue weighted by Crippen LogP contribution is -2.47. The summed E-state index contributed by atoms with van der Waals surface area (Å²) in [7, 11) is 0. The largest absolute Gasteiger partial charge is 0.418 e. The highest BCUT2D eigenvalue weighted by molar-refractivity contribution is 6.43. The van der Waals surface area contributed by atoms with E-state index < -0.39 is 4.84 Å². The van der Waals surface area contributed by atoms with Gasteiger partial charge in [-0.2, -0.15) is 0 Å². The number of rotatable bonds is 2. The Labute approximate surface area is 110 Å². The fourth-order valence-electron chi connectivity index (χ4n) is 3.03. The van der Waals surface area contributed by atoms with E-state index in [1.807, 2.05) is 0 Å². The Balaban J connectivity index is 1.92. The van der Waals surface area contributed by atoms with Gasteiger partial charge in [-0.15, -0.1) is 10.2 Å². The molecular formula is C12H14Cl2N2O. The van der Waals surface area contributed by atoms with E-state index in [4.69, 9.17) is 27.6 Å². The summed E-state index contributed by atoms with van der Waals surface area (Å²) in [5.74, 6) is 2.19. The molecule has 5 heteroatoms. The minimum absolute atomic E-state index is 0.281. The number of fused-ring (bicyclic) bond motifs is 1. The summed E-state index contributed by atoms with van der Waals surface area (Å²) in [4.78, 5) is -0.748. The molecule has 92 valence electrons. The first kappa shape index (κ1) is 11.5. The third-order valence-corrected chi connectivity index (χ3v) is 4.72. The van der Waals surface area contributed by atoms with E-state index in [0.29, 0.717) is 17.2 Å². The number of aromatic nitrogens is 2. The Hall–Kier alpha value is -0.540. The molecule has 0 radical (unpaired) electrons. The highest BCUT2D eigenvalue weighted by Gasteiger charge is 2.52. The zero-order chi connectivity index (χ0) is 12.2. The van der Waals surface area contributed by atoms with Crippen molar-refractivity contribution in [1.82, 2.24) is 10.2 Å². The van der Waals surface area contributed by atoms with Crippen LogP contribution in [0.1, 0.15) is 43.3 Å². The van der Waals surface area contributed by atoms with Gasteiger partial charge in [0.15, 0.2) is 4.84 Å². The minimum Gasteiger partial charge on any atom is -0.418 e. The van der Waals surface area contributed by atoms with Gasteiger partial charge in [0.2, 0.25) is 11.8 Å². The summed E-state index contributed by atoms with van der Waals surface area (Å²) in [6.45, 7) is 4.62. The van der Waals surface area contributed by atoms with Crippen LogP contribution < -0.4 is 0 Å². The van der Waals surface area contributed by atoms with Gasteiger partial charge in [-0.1, -0.05) is 43.1 Å². The van der Waals surface area contributed by atoms with E-state index in [-0.39, 0.29) is 5.89 Å². The van der Waals surface area contributed by atoms with Crippen LogP contribution in [-0.2, 0) is 0 Å². The van der Waals surface area contributed by atoms with Gasteiger partial charge in [0, 0.05) is 5.57 Å². The molecule has 3 aliphatic rings. The molecule has 1 aromatic rings. The zero-order valence-electron chi connectivity index (χ0n) is 9.78. The normalized spacial score (nSPS) is 30.1. The van der Waals surface area contributed by atoms with Crippen LogP contribution >= 0.6 is 23.2 Å². The molecule has 4 rings (SSSR count). The molecule has 0 spiro atoms. The van der Waals surface area contributed by atoms with Crippen molar-refractivity contribution in [2.75, 3.05) is 0 Å². The first-order chi connectivity index (χ1) is 8.00. The van der Waals surface area contributed by atoms with E-state index in [9.17, 15) is 0 Å². The van der Waals surface area contributed by atoms with Gasteiger partial charge in [0.05, 0.1) is 0 Å². The van der Waals surface area contributed by atoms with Gasteiger partial charge in [0.25, 0.3) is 0 Å². The van der Waals surface area contributed by atoms with Crippen molar-refractivity contribution in [1.29, 1.82) is 0 Å². The second kappa shape index (κ2) is 3.72. The van der Waals surface area contributed by atoms with Crippen molar-refractivity contribution in [3.8, 4) is 0 Å². The molecule has 1 aromatic heterocycles. The van der Waals surface area contributed by atoms with E-state index in [2.05, 4.69) is 30.1 Å². The smallest absolute Gasteiger partial charge is 0.249 e. The molecule has 0 amide bonds. The molecular weight excluding hydrogens is 259 g/mol. The van der Waals surface area contributed by atoms with E-state index in [1.165, 1.54) is 12.0 Å². The van der Waals surface area contributed by atoms with Crippen LogP contribution in [0, 0.1) is 17.3 Å². The SMILES string of the molecule is CC1(C)[C@H]2CC=C(c3nnc(C(Cl)Cl)o3)[C@@H]1C2. The molecule has 0 saturated heterocycles. The number of hydrogen-bond donors (Lipinski definition) is 0. The van der Waals surface area contributed by atoms with Gasteiger partial charge in [0.1, 0.15) is 0 Å². The molecule has 1 heterocycles. The monoisotopic (exact) mass is 272 g/mol. The molecule has 0 unspecified atom stereocenters. The summed E-state index contributed by atoms with van der Waals surface area (Å²) < 4.78 is 5.52. The Bertz CT molecular complexity index is 479. The highest BCUT2D eigenvalue weighted by Crippen LogP contribution is 2.61. The van der Waals surface area contributed by atoms with Crippen molar-refractivity contribution < 1.29 is 4.42 Å². The maximum absolute atomic E-state index is 5.71. The molecule has 2 atom stereocenters. The van der Waals surface area contributed by atoms with Gasteiger partial charge in [-0.25, -0.2) is 0 Å². The predicted octanol–water partition coefficient (Wildman–Crippen LogP) is 4.00. The minimum atomic E-state index is -0.748. The summed E-state index contributed by atoms with van der Waals surface area (Å²) in [6, 6.07) is 0. The lowest BCUT2D eigenvalue weighted by molar-refractivity contribution is 0.00990. The van der Waals surface area contributed by atoms with E-state index in [1.54, 1.807) is 0 Å². The number of allylic oxidation sites excluding steroid dienone is 2. The van der Waals surface area contributed by atoms with Crippen molar-refractivity contribution in [3.05, 3.63) is 17.9 Å². The first-order valence-corrected chi connectivity index (χ1v) is 6.69. The van der Waals surface area contributed by atoms with Crippen LogP contribution in [0.25, 0.3) is 5.57 Å².